The number of ketones is 1. The van der Waals surface area contributed by atoms with E-state index in [1.165, 1.54) is 4.90 Å². The first-order valence-corrected chi connectivity index (χ1v) is 7.02. The van der Waals surface area contributed by atoms with Crippen LogP contribution in [0.25, 0.3) is 5.76 Å². The van der Waals surface area contributed by atoms with Crippen molar-refractivity contribution in [1.29, 1.82) is 0 Å². The third kappa shape index (κ3) is 2.63. The summed E-state index contributed by atoms with van der Waals surface area (Å²) in [5, 5.41) is 10.3. The fraction of sp³-hybridized carbons (Fsp3) is 0.111. The molecule has 0 unspecified atom stereocenters. The highest BCUT2D eigenvalue weighted by Gasteiger charge is 2.36. The summed E-state index contributed by atoms with van der Waals surface area (Å²) in [6, 6.07) is 18.1. The third-order valence-corrected chi connectivity index (χ3v) is 3.61. The van der Waals surface area contributed by atoms with Crippen LogP contribution in [0.3, 0.4) is 0 Å². The molecule has 0 spiro atoms. The Labute approximate surface area is 128 Å². The van der Waals surface area contributed by atoms with Crippen molar-refractivity contribution in [3.8, 4) is 0 Å². The fourth-order valence-corrected chi connectivity index (χ4v) is 2.51. The van der Waals surface area contributed by atoms with Gasteiger partial charge in [-0.1, -0.05) is 60.7 Å². The normalized spacial score (nSPS) is 17.0. The van der Waals surface area contributed by atoms with Crippen LogP contribution in [0.4, 0.5) is 0 Å². The Morgan fingerprint density at radius 1 is 0.955 bits per heavy atom. The monoisotopic (exact) mass is 293 g/mol. The number of hydrogen-bond donors (Lipinski definition) is 1. The number of Topliss-reactive ketones (excluding diaryl/α,β-unsaturated/α-hetero) is 1. The van der Waals surface area contributed by atoms with Gasteiger partial charge in [0.1, 0.15) is 11.3 Å². The van der Waals surface area contributed by atoms with E-state index in [-0.39, 0.29) is 23.7 Å². The predicted molar refractivity (Wildman–Crippen MR) is 82.9 cm³/mol. The van der Waals surface area contributed by atoms with Crippen LogP contribution in [-0.2, 0) is 16.1 Å². The lowest BCUT2D eigenvalue weighted by Gasteiger charge is -2.14. The van der Waals surface area contributed by atoms with E-state index in [0.29, 0.717) is 12.1 Å². The number of hydrogen-bond acceptors (Lipinski definition) is 3. The summed E-state index contributed by atoms with van der Waals surface area (Å²) in [4.78, 5) is 26.0. The Morgan fingerprint density at radius 3 is 2.18 bits per heavy atom. The summed E-state index contributed by atoms with van der Waals surface area (Å²) in [5.41, 5.74) is 1.30. The van der Waals surface area contributed by atoms with Crippen LogP contribution in [-0.4, -0.2) is 28.2 Å². The number of amides is 1. The molecule has 4 nitrogen and oxygen atoms in total. The molecule has 0 aliphatic carbocycles. The van der Waals surface area contributed by atoms with Crippen molar-refractivity contribution in [3.63, 3.8) is 0 Å². The highest BCUT2D eigenvalue weighted by Crippen LogP contribution is 2.24. The molecule has 1 aliphatic heterocycles. The molecule has 1 amide bonds. The second-order valence-corrected chi connectivity index (χ2v) is 5.16. The van der Waals surface area contributed by atoms with Gasteiger partial charge in [-0.3, -0.25) is 9.59 Å². The average Bonchev–Trinajstić information content (AvgIpc) is 2.82. The van der Waals surface area contributed by atoms with Gasteiger partial charge in [0.05, 0.1) is 6.54 Å². The van der Waals surface area contributed by atoms with Crippen LogP contribution in [0.2, 0.25) is 0 Å². The average molecular weight is 293 g/mol. The van der Waals surface area contributed by atoms with Crippen LogP contribution >= 0.6 is 0 Å². The van der Waals surface area contributed by atoms with Crippen molar-refractivity contribution >= 4 is 17.4 Å². The molecule has 0 bridgehead atoms. The summed E-state index contributed by atoms with van der Waals surface area (Å²) in [5.74, 6) is -1.01. The number of nitrogens with zero attached hydrogens (tertiary/aromatic N) is 1. The van der Waals surface area contributed by atoms with E-state index in [1.54, 1.807) is 30.3 Å². The molecule has 0 aromatic heterocycles. The maximum Gasteiger partial charge on any atom is 0.262 e. The van der Waals surface area contributed by atoms with Gasteiger partial charge in [-0.25, -0.2) is 0 Å². The van der Waals surface area contributed by atoms with E-state index in [2.05, 4.69) is 0 Å². The first-order valence-electron chi connectivity index (χ1n) is 7.02. The standard InChI is InChI=1S/C18H15NO3/c20-15-12-19(11-13-7-3-1-4-8-13)18(22)16(15)17(21)14-9-5-2-6-10-14/h1-10,21H,11-12H2/b17-16+. The summed E-state index contributed by atoms with van der Waals surface area (Å²) in [6.45, 7) is 0.358. The SMILES string of the molecule is O=C1CN(Cc2ccccc2)C(=O)/C1=C(/O)c1ccccc1. The highest BCUT2D eigenvalue weighted by molar-refractivity contribution is 6.28. The predicted octanol–water partition coefficient (Wildman–Crippen LogP) is 2.57. The highest BCUT2D eigenvalue weighted by atomic mass is 16.3. The number of carbonyl (C=O) groups is 2. The molecule has 22 heavy (non-hydrogen) atoms. The zero-order chi connectivity index (χ0) is 15.5. The molecule has 1 aliphatic rings. The molecule has 110 valence electrons. The van der Waals surface area contributed by atoms with Crippen molar-refractivity contribution in [2.45, 2.75) is 6.54 Å². The molecular weight excluding hydrogens is 278 g/mol. The van der Waals surface area contributed by atoms with Gasteiger partial charge in [0.15, 0.2) is 5.78 Å². The Kier molecular flexibility index (Phi) is 3.74. The number of carbonyl (C=O) groups excluding carboxylic acids is 2. The molecule has 1 fully saturated rings. The Morgan fingerprint density at radius 2 is 1.55 bits per heavy atom. The van der Waals surface area contributed by atoms with Crippen LogP contribution in [0.1, 0.15) is 11.1 Å². The minimum absolute atomic E-state index is 0.0000451. The molecule has 2 aromatic carbocycles. The number of likely N-dealkylation sites (tertiary alicyclic amines) is 1. The molecule has 0 saturated carbocycles. The van der Waals surface area contributed by atoms with E-state index < -0.39 is 5.91 Å². The van der Waals surface area contributed by atoms with E-state index in [1.807, 2.05) is 30.3 Å². The number of aliphatic hydroxyl groups excluding tert-OH is 1. The Hall–Kier alpha value is -2.88. The number of benzene rings is 2. The van der Waals surface area contributed by atoms with Gasteiger partial charge in [-0.2, -0.15) is 0 Å². The van der Waals surface area contributed by atoms with Gasteiger partial charge in [0, 0.05) is 12.1 Å². The second-order valence-electron chi connectivity index (χ2n) is 5.16. The quantitative estimate of drug-likeness (QED) is 0.537. The lowest BCUT2D eigenvalue weighted by atomic mass is 10.1. The summed E-state index contributed by atoms with van der Waals surface area (Å²) < 4.78 is 0. The van der Waals surface area contributed by atoms with E-state index in [9.17, 15) is 14.7 Å². The zero-order valence-corrected chi connectivity index (χ0v) is 11.9. The molecule has 1 heterocycles. The van der Waals surface area contributed by atoms with Gasteiger partial charge in [0.2, 0.25) is 0 Å². The number of rotatable bonds is 3. The maximum absolute atomic E-state index is 12.4. The Bertz CT molecular complexity index is 735. The van der Waals surface area contributed by atoms with Gasteiger partial charge < -0.3 is 10.0 Å². The summed E-state index contributed by atoms with van der Waals surface area (Å²) in [7, 11) is 0. The smallest absolute Gasteiger partial charge is 0.262 e. The molecule has 3 rings (SSSR count). The van der Waals surface area contributed by atoms with Gasteiger partial charge in [-0.05, 0) is 5.56 Å². The zero-order valence-electron chi connectivity index (χ0n) is 11.9. The van der Waals surface area contributed by atoms with Crippen LogP contribution in [0.15, 0.2) is 66.2 Å². The van der Waals surface area contributed by atoms with Gasteiger partial charge >= 0.3 is 0 Å². The van der Waals surface area contributed by atoms with E-state index in [4.69, 9.17) is 0 Å². The molecule has 1 saturated heterocycles. The van der Waals surface area contributed by atoms with E-state index >= 15 is 0 Å². The number of aliphatic hydroxyl groups is 1. The lowest BCUT2D eigenvalue weighted by Crippen LogP contribution is -2.25. The van der Waals surface area contributed by atoms with Crippen molar-refractivity contribution in [2.75, 3.05) is 6.54 Å². The maximum atomic E-state index is 12.4. The molecular formula is C18H15NO3. The van der Waals surface area contributed by atoms with Crippen LogP contribution in [0.5, 0.6) is 0 Å². The summed E-state index contributed by atoms with van der Waals surface area (Å²) >= 11 is 0. The van der Waals surface area contributed by atoms with Crippen molar-refractivity contribution in [2.24, 2.45) is 0 Å². The minimum Gasteiger partial charge on any atom is -0.506 e. The first kappa shape index (κ1) is 14.1. The van der Waals surface area contributed by atoms with Gasteiger partial charge in [0.25, 0.3) is 5.91 Å². The fourth-order valence-electron chi connectivity index (χ4n) is 2.51. The van der Waals surface area contributed by atoms with E-state index in [0.717, 1.165) is 5.56 Å². The van der Waals surface area contributed by atoms with Crippen LogP contribution in [0, 0.1) is 0 Å². The molecule has 2 aromatic rings. The lowest BCUT2D eigenvalue weighted by molar-refractivity contribution is -0.125. The van der Waals surface area contributed by atoms with Crippen molar-refractivity contribution in [1.82, 2.24) is 4.90 Å². The van der Waals surface area contributed by atoms with Crippen molar-refractivity contribution in [3.05, 3.63) is 77.4 Å². The Balaban J connectivity index is 1.89. The molecule has 1 N–H and O–H groups in total. The molecule has 0 atom stereocenters. The second kappa shape index (κ2) is 5.85. The van der Waals surface area contributed by atoms with Crippen LogP contribution < -0.4 is 0 Å². The molecule has 0 radical (unpaired) electrons. The minimum atomic E-state index is -0.421. The topological polar surface area (TPSA) is 57.6 Å². The summed E-state index contributed by atoms with van der Waals surface area (Å²) in [6.07, 6.45) is 0. The molecule has 4 heteroatoms. The first-order chi connectivity index (χ1) is 10.7. The third-order valence-electron chi connectivity index (χ3n) is 3.61. The van der Waals surface area contributed by atoms with Gasteiger partial charge in [-0.15, -0.1) is 0 Å². The largest absolute Gasteiger partial charge is 0.506 e. The van der Waals surface area contributed by atoms with Crippen molar-refractivity contribution < 1.29 is 14.7 Å².